The van der Waals surface area contributed by atoms with Gasteiger partial charge in [-0.2, -0.15) is 0 Å². The molecule has 0 aliphatic carbocycles. The van der Waals surface area contributed by atoms with E-state index in [0.29, 0.717) is 24.4 Å². The second-order valence-electron chi connectivity index (χ2n) is 8.15. The zero-order chi connectivity index (χ0) is 19.8. The summed E-state index contributed by atoms with van der Waals surface area (Å²) in [5.41, 5.74) is 1.49. The van der Waals surface area contributed by atoms with E-state index in [1.165, 1.54) is 0 Å². The molecule has 150 valence electrons. The summed E-state index contributed by atoms with van der Waals surface area (Å²) in [6.07, 6.45) is 1.80. The quantitative estimate of drug-likeness (QED) is 0.796. The highest BCUT2D eigenvalue weighted by atomic mass is 16.5. The summed E-state index contributed by atoms with van der Waals surface area (Å²) in [6.45, 7) is 7.83. The fraction of sp³-hybridized carbons (Fsp3) is 0.571. The number of carbonyl (C=O) groups is 3. The zero-order valence-electron chi connectivity index (χ0n) is 16.4. The van der Waals surface area contributed by atoms with Crippen LogP contribution in [0.2, 0.25) is 0 Å². The van der Waals surface area contributed by atoms with E-state index in [9.17, 15) is 14.4 Å². The summed E-state index contributed by atoms with van der Waals surface area (Å²) in [5.74, 6) is 0.553. The molecule has 7 nitrogen and oxygen atoms in total. The van der Waals surface area contributed by atoms with E-state index in [-0.39, 0.29) is 30.2 Å². The van der Waals surface area contributed by atoms with Gasteiger partial charge in [0.1, 0.15) is 17.9 Å². The number of amides is 3. The van der Waals surface area contributed by atoms with Gasteiger partial charge in [-0.15, -0.1) is 0 Å². The van der Waals surface area contributed by atoms with Gasteiger partial charge >= 0.3 is 0 Å². The zero-order valence-corrected chi connectivity index (χ0v) is 16.4. The predicted octanol–water partition coefficient (Wildman–Crippen LogP) is 1.56. The highest BCUT2D eigenvalue weighted by Crippen LogP contribution is 2.31. The molecule has 0 aromatic heterocycles. The van der Waals surface area contributed by atoms with Gasteiger partial charge in [-0.05, 0) is 49.1 Å². The van der Waals surface area contributed by atoms with Gasteiger partial charge in [0.05, 0.1) is 0 Å². The molecule has 7 heteroatoms. The van der Waals surface area contributed by atoms with Crippen molar-refractivity contribution in [2.45, 2.75) is 51.8 Å². The van der Waals surface area contributed by atoms with Crippen molar-refractivity contribution in [1.29, 1.82) is 0 Å². The lowest BCUT2D eigenvalue weighted by molar-refractivity contribution is -0.136. The second kappa shape index (κ2) is 7.54. The van der Waals surface area contributed by atoms with Crippen LogP contribution in [0, 0.1) is 5.92 Å². The molecule has 2 saturated heterocycles. The first-order valence-electron chi connectivity index (χ1n) is 10.1. The van der Waals surface area contributed by atoms with E-state index >= 15 is 0 Å². The van der Waals surface area contributed by atoms with Gasteiger partial charge in [0.25, 0.3) is 5.91 Å². The first-order chi connectivity index (χ1) is 13.4. The van der Waals surface area contributed by atoms with Gasteiger partial charge < -0.3 is 9.64 Å². The van der Waals surface area contributed by atoms with E-state index in [4.69, 9.17) is 4.74 Å². The van der Waals surface area contributed by atoms with Crippen molar-refractivity contribution < 1.29 is 19.1 Å². The van der Waals surface area contributed by atoms with Gasteiger partial charge in [0.15, 0.2) is 0 Å². The van der Waals surface area contributed by atoms with Crippen molar-refractivity contribution in [3.8, 4) is 5.75 Å². The predicted molar refractivity (Wildman–Crippen MR) is 103 cm³/mol. The molecule has 0 spiro atoms. The maximum absolute atomic E-state index is 12.8. The minimum atomic E-state index is -0.584. The van der Waals surface area contributed by atoms with Crippen molar-refractivity contribution in [2.75, 3.05) is 19.6 Å². The number of benzene rings is 1. The van der Waals surface area contributed by atoms with Crippen LogP contribution in [0.15, 0.2) is 18.2 Å². The van der Waals surface area contributed by atoms with E-state index in [1.54, 1.807) is 11.0 Å². The Morgan fingerprint density at radius 1 is 1.21 bits per heavy atom. The molecule has 1 unspecified atom stereocenters. The number of nitrogens with zero attached hydrogens (tertiary/aromatic N) is 2. The van der Waals surface area contributed by atoms with Crippen LogP contribution < -0.4 is 10.1 Å². The first kappa shape index (κ1) is 18.9. The van der Waals surface area contributed by atoms with Crippen molar-refractivity contribution in [3.05, 3.63) is 29.3 Å². The SMILES string of the molecule is CCN1C[C@@H](C)C[C@@H](Oc2ccc3c(c2)CN(C2CCC(=O)NC2=O)C3=O)C1. The molecule has 0 bridgehead atoms. The summed E-state index contributed by atoms with van der Waals surface area (Å²) < 4.78 is 6.24. The molecule has 3 aliphatic heterocycles. The third-order valence-electron chi connectivity index (χ3n) is 5.94. The van der Waals surface area contributed by atoms with Crippen LogP contribution in [0.25, 0.3) is 0 Å². The number of likely N-dealkylation sites (tertiary alicyclic amines) is 1. The molecule has 0 saturated carbocycles. The Bertz CT molecular complexity index is 809. The lowest BCUT2D eigenvalue weighted by atomic mass is 9.98. The van der Waals surface area contributed by atoms with Crippen molar-refractivity contribution in [1.82, 2.24) is 15.1 Å². The van der Waals surface area contributed by atoms with Crippen molar-refractivity contribution in [3.63, 3.8) is 0 Å². The molecule has 0 radical (unpaired) electrons. The summed E-state index contributed by atoms with van der Waals surface area (Å²) in [7, 11) is 0. The third kappa shape index (κ3) is 3.63. The average Bonchev–Trinajstić information content (AvgIpc) is 2.97. The monoisotopic (exact) mass is 385 g/mol. The smallest absolute Gasteiger partial charge is 0.255 e. The normalized spacial score (nSPS) is 28.3. The maximum Gasteiger partial charge on any atom is 0.255 e. The Hall–Kier alpha value is -2.41. The van der Waals surface area contributed by atoms with Crippen molar-refractivity contribution >= 4 is 17.7 Å². The van der Waals surface area contributed by atoms with Crippen LogP contribution in [0.5, 0.6) is 5.75 Å². The molecule has 1 aromatic carbocycles. The minimum Gasteiger partial charge on any atom is -0.489 e. The highest BCUT2D eigenvalue weighted by Gasteiger charge is 2.39. The molecule has 3 aliphatic rings. The van der Waals surface area contributed by atoms with Gasteiger partial charge in [-0.25, -0.2) is 0 Å². The summed E-state index contributed by atoms with van der Waals surface area (Å²) >= 11 is 0. The topological polar surface area (TPSA) is 79.0 Å². The van der Waals surface area contributed by atoms with Crippen LogP contribution in [0.1, 0.15) is 49.0 Å². The van der Waals surface area contributed by atoms with Crippen molar-refractivity contribution in [2.24, 2.45) is 5.92 Å². The number of hydrogen-bond acceptors (Lipinski definition) is 5. The van der Waals surface area contributed by atoms with Crippen LogP contribution in [-0.4, -0.2) is 59.3 Å². The second-order valence-corrected chi connectivity index (χ2v) is 8.15. The van der Waals surface area contributed by atoms with E-state index in [0.717, 1.165) is 37.4 Å². The number of rotatable bonds is 4. The lowest BCUT2D eigenvalue weighted by Crippen LogP contribution is -2.52. The molecule has 1 aromatic rings. The Kier molecular flexibility index (Phi) is 5.10. The molecular formula is C21H27N3O4. The number of nitrogens with one attached hydrogen (secondary N) is 1. The molecule has 2 fully saturated rings. The largest absolute Gasteiger partial charge is 0.489 e. The molecule has 1 N–H and O–H groups in total. The minimum absolute atomic E-state index is 0.144. The summed E-state index contributed by atoms with van der Waals surface area (Å²) in [4.78, 5) is 40.3. The Labute approximate surface area is 165 Å². The molecule has 3 atom stereocenters. The highest BCUT2D eigenvalue weighted by molar-refractivity contribution is 6.05. The fourth-order valence-corrected chi connectivity index (χ4v) is 4.56. The average molecular weight is 385 g/mol. The fourth-order valence-electron chi connectivity index (χ4n) is 4.56. The number of ether oxygens (including phenoxy) is 1. The molecular weight excluding hydrogens is 358 g/mol. The number of imide groups is 1. The lowest BCUT2D eigenvalue weighted by Gasteiger charge is -2.35. The number of fused-ring (bicyclic) bond motifs is 1. The van der Waals surface area contributed by atoms with E-state index < -0.39 is 6.04 Å². The van der Waals surface area contributed by atoms with Gasteiger partial charge in [0.2, 0.25) is 11.8 Å². The summed E-state index contributed by atoms with van der Waals surface area (Å²) in [5, 5.41) is 2.33. The molecule has 3 heterocycles. The van der Waals surface area contributed by atoms with E-state index in [2.05, 4.69) is 24.1 Å². The van der Waals surface area contributed by atoms with Crippen LogP contribution in [-0.2, 0) is 16.1 Å². The number of likely N-dealkylation sites (N-methyl/N-ethyl adjacent to an activating group) is 1. The number of carbonyl (C=O) groups excluding carboxylic acids is 3. The molecule has 3 amide bonds. The van der Waals surface area contributed by atoms with Crippen LogP contribution in [0.3, 0.4) is 0 Å². The maximum atomic E-state index is 12.8. The van der Waals surface area contributed by atoms with Gasteiger partial charge in [-0.3, -0.25) is 24.6 Å². The van der Waals surface area contributed by atoms with Crippen LogP contribution >= 0.6 is 0 Å². The standard InChI is InChI=1S/C21H27N3O4/c1-3-23-10-13(2)8-16(12-23)28-15-4-5-17-14(9-15)11-24(21(17)27)18-6-7-19(25)22-20(18)26/h4-5,9,13,16,18H,3,6-8,10-12H2,1-2H3,(H,22,25,26)/t13-,16+,18?/m0/s1. The van der Waals surface area contributed by atoms with Gasteiger partial charge in [-0.1, -0.05) is 13.8 Å². The molecule has 28 heavy (non-hydrogen) atoms. The number of hydrogen-bond donors (Lipinski definition) is 1. The van der Waals surface area contributed by atoms with E-state index in [1.807, 2.05) is 12.1 Å². The number of piperidine rings is 2. The Balaban J connectivity index is 1.46. The van der Waals surface area contributed by atoms with Crippen LogP contribution in [0.4, 0.5) is 0 Å². The van der Waals surface area contributed by atoms with Gasteiger partial charge in [0, 0.05) is 31.6 Å². The summed E-state index contributed by atoms with van der Waals surface area (Å²) in [6, 6.07) is 4.98. The first-order valence-corrected chi connectivity index (χ1v) is 10.1. The Morgan fingerprint density at radius 2 is 2.04 bits per heavy atom. The third-order valence-corrected chi connectivity index (χ3v) is 5.94. The molecule has 4 rings (SSSR count). The Morgan fingerprint density at radius 3 is 2.79 bits per heavy atom.